The number of halogens is 2. The van der Waals surface area contributed by atoms with Gasteiger partial charge in [0.15, 0.2) is 6.40 Å². The lowest BCUT2D eigenvalue weighted by molar-refractivity contribution is 0.343. The number of benzene rings is 1. The minimum Gasteiger partial charge on any atom is -0.483 e. The molecule has 0 amide bonds. The Labute approximate surface area is 120 Å². The van der Waals surface area contributed by atoms with Gasteiger partial charge in [-0.05, 0) is 29.8 Å². The van der Waals surface area contributed by atoms with E-state index in [1.54, 1.807) is 18.2 Å². The number of nitrogens with zero attached hydrogens (tertiary/aromatic N) is 3. The summed E-state index contributed by atoms with van der Waals surface area (Å²) in [6.07, 6.45) is 1.63. The molecule has 1 heterocycles. The molecule has 0 spiro atoms. The van der Waals surface area contributed by atoms with E-state index in [4.69, 9.17) is 32.5 Å². The number of aliphatic imine (C=N–C) groups is 1. The second-order valence-corrected chi connectivity index (χ2v) is 4.37. The molecule has 0 aliphatic rings. The molecule has 0 unspecified atom stereocenters. The first-order valence-electron chi connectivity index (χ1n) is 5.60. The van der Waals surface area contributed by atoms with Crippen LogP contribution in [0.5, 0.6) is 0 Å². The van der Waals surface area contributed by atoms with E-state index in [1.165, 1.54) is 6.40 Å². The first kappa shape index (κ1) is 13.8. The van der Waals surface area contributed by atoms with Gasteiger partial charge in [0.05, 0.1) is 13.0 Å². The quantitative estimate of drug-likeness (QED) is 0.624. The summed E-state index contributed by atoms with van der Waals surface area (Å²) in [5, 5.41) is 4.81. The fourth-order valence-electron chi connectivity index (χ4n) is 1.38. The molecule has 0 bridgehead atoms. The Bertz CT molecular complexity index is 564. The summed E-state index contributed by atoms with van der Waals surface area (Å²) in [5.74, 6) is 0.588. The molecular weight excluding hydrogens is 289 g/mol. The number of ether oxygens (including phenoxy) is 1. The predicted octanol–water partition coefficient (Wildman–Crippen LogP) is 3.66. The van der Waals surface area contributed by atoms with Crippen LogP contribution in [0, 0.1) is 0 Å². The van der Waals surface area contributed by atoms with Gasteiger partial charge in [0.25, 0.3) is 5.95 Å². The maximum Gasteiger partial charge on any atom is 0.292 e. The molecule has 19 heavy (non-hydrogen) atoms. The molecule has 0 saturated carbocycles. The van der Waals surface area contributed by atoms with Crippen LogP contribution in [0.3, 0.4) is 0 Å². The fourth-order valence-corrected chi connectivity index (χ4v) is 1.91. The van der Waals surface area contributed by atoms with Crippen molar-refractivity contribution in [2.45, 2.75) is 13.3 Å². The van der Waals surface area contributed by atoms with Crippen molar-refractivity contribution in [2.75, 3.05) is 6.61 Å². The van der Waals surface area contributed by atoms with E-state index in [0.29, 0.717) is 29.0 Å². The van der Waals surface area contributed by atoms with Crippen LogP contribution < -0.4 is 0 Å². The summed E-state index contributed by atoms with van der Waals surface area (Å²) in [6, 6.07) is 5.29. The highest BCUT2D eigenvalue weighted by Crippen LogP contribution is 2.26. The van der Waals surface area contributed by atoms with Crippen molar-refractivity contribution in [3.63, 3.8) is 0 Å². The minimum atomic E-state index is 0.201. The van der Waals surface area contributed by atoms with Crippen LogP contribution in [0.25, 0.3) is 0 Å². The molecule has 1 aromatic heterocycles. The Morgan fingerprint density at radius 1 is 1.37 bits per heavy atom. The molecule has 1 aromatic carbocycles. The molecule has 0 aliphatic heterocycles. The zero-order valence-corrected chi connectivity index (χ0v) is 11.6. The molecule has 100 valence electrons. The van der Waals surface area contributed by atoms with Crippen LogP contribution in [0.2, 0.25) is 10.0 Å². The van der Waals surface area contributed by atoms with E-state index in [2.05, 4.69) is 15.1 Å². The molecule has 2 rings (SSSR count). The lowest BCUT2D eigenvalue weighted by Crippen LogP contribution is -1.91. The highest BCUT2D eigenvalue weighted by Gasteiger charge is 2.11. The van der Waals surface area contributed by atoms with E-state index in [1.807, 2.05) is 6.92 Å². The molecule has 5 nitrogen and oxygen atoms in total. The maximum atomic E-state index is 6.06. The van der Waals surface area contributed by atoms with Crippen LogP contribution in [0.15, 0.2) is 27.7 Å². The van der Waals surface area contributed by atoms with Gasteiger partial charge in [-0.15, -0.1) is 0 Å². The summed E-state index contributed by atoms with van der Waals surface area (Å²) >= 11 is 12.1. The van der Waals surface area contributed by atoms with Gasteiger partial charge in [-0.3, -0.25) is 0 Å². The van der Waals surface area contributed by atoms with Crippen molar-refractivity contribution in [3.05, 3.63) is 39.7 Å². The third-order valence-corrected chi connectivity index (χ3v) is 2.96. The Morgan fingerprint density at radius 3 is 2.79 bits per heavy atom. The van der Waals surface area contributed by atoms with E-state index >= 15 is 0 Å². The number of aromatic nitrogens is 2. The Hall–Kier alpha value is -1.59. The van der Waals surface area contributed by atoms with Crippen LogP contribution in [0.4, 0.5) is 5.95 Å². The lowest BCUT2D eigenvalue weighted by atomic mass is 10.1. The average molecular weight is 300 g/mol. The standard InChI is InChI=1S/C12H11Cl2N3O2/c1-2-18-7-15-12-16-11(19-17-12)6-8-9(13)4-3-5-10(8)14/h3-5,7H,2,6H2,1H3/b15-7+. The van der Waals surface area contributed by atoms with Gasteiger partial charge in [0, 0.05) is 10.0 Å². The zero-order valence-electron chi connectivity index (χ0n) is 10.1. The van der Waals surface area contributed by atoms with Crippen LogP contribution in [-0.2, 0) is 11.2 Å². The smallest absolute Gasteiger partial charge is 0.292 e. The van der Waals surface area contributed by atoms with E-state index < -0.39 is 0 Å². The van der Waals surface area contributed by atoms with Crippen LogP contribution in [-0.4, -0.2) is 23.1 Å². The van der Waals surface area contributed by atoms with Crippen molar-refractivity contribution in [1.82, 2.24) is 10.1 Å². The monoisotopic (exact) mass is 299 g/mol. The second-order valence-electron chi connectivity index (χ2n) is 3.55. The molecule has 0 aliphatic carbocycles. The van der Waals surface area contributed by atoms with Gasteiger partial charge in [-0.2, -0.15) is 9.98 Å². The molecule has 0 atom stereocenters. The highest BCUT2D eigenvalue weighted by atomic mass is 35.5. The first-order valence-corrected chi connectivity index (χ1v) is 6.36. The first-order chi connectivity index (χ1) is 9.20. The highest BCUT2D eigenvalue weighted by molar-refractivity contribution is 6.36. The van der Waals surface area contributed by atoms with E-state index in [9.17, 15) is 0 Å². The summed E-state index contributed by atoms with van der Waals surface area (Å²) in [6.45, 7) is 2.39. The van der Waals surface area contributed by atoms with Gasteiger partial charge in [0.1, 0.15) is 0 Å². The van der Waals surface area contributed by atoms with Crippen molar-refractivity contribution in [1.29, 1.82) is 0 Å². The molecule has 0 saturated heterocycles. The normalized spacial score (nSPS) is 11.1. The SMILES string of the molecule is CCO/C=N/c1noc(Cc2c(Cl)cccc2Cl)n1. The van der Waals surface area contributed by atoms with Crippen LogP contribution in [0.1, 0.15) is 18.4 Å². The second kappa shape index (κ2) is 6.54. The third kappa shape index (κ3) is 3.68. The van der Waals surface area contributed by atoms with Crippen molar-refractivity contribution < 1.29 is 9.26 Å². The van der Waals surface area contributed by atoms with Gasteiger partial charge in [-0.1, -0.05) is 29.3 Å². The van der Waals surface area contributed by atoms with Gasteiger partial charge >= 0.3 is 0 Å². The van der Waals surface area contributed by atoms with Gasteiger partial charge in [-0.25, -0.2) is 0 Å². The van der Waals surface area contributed by atoms with Gasteiger partial charge < -0.3 is 9.26 Å². The topological polar surface area (TPSA) is 60.5 Å². The Kier molecular flexibility index (Phi) is 4.76. The average Bonchev–Trinajstić information content (AvgIpc) is 2.82. The Balaban J connectivity index is 2.12. The van der Waals surface area contributed by atoms with Crippen LogP contribution >= 0.6 is 23.2 Å². The summed E-state index contributed by atoms with van der Waals surface area (Å²) < 4.78 is 10.0. The number of hydrogen-bond donors (Lipinski definition) is 0. The van der Waals surface area contributed by atoms with Crippen molar-refractivity contribution in [3.8, 4) is 0 Å². The maximum absolute atomic E-state index is 6.06. The van der Waals surface area contributed by atoms with Gasteiger partial charge in [0.2, 0.25) is 5.89 Å². The van der Waals surface area contributed by atoms with E-state index in [0.717, 1.165) is 5.56 Å². The molecule has 2 aromatic rings. The zero-order chi connectivity index (χ0) is 13.7. The summed E-state index contributed by atoms with van der Waals surface area (Å²) in [7, 11) is 0. The molecular formula is C12H11Cl2N3O2. The fraction of sp³-hybridized carbons (Fsp3) is 0.250. The van der Waals surface area contributed by atoms with E-state index in [-0.39, 0.29) is 5.95 Å². The molecule has 7 heteroatoms. The van der Waals surface area contributed by atoms with Crippen molar-refractivity contribution in [2.24, 2.45) is 4.99 Å². The molecule has 0 N–H and O–H groups in total. The number of hydrogen-bond acceptors (Lipinski definition) is 5. The third-order valence-electron chi connectivity index (χ3n) is 2.26. The molecule has 0 fully saturated rings. The molecule has 0 radical (unpaired) electrons. The minimum absolute atomic E-state index is 0.201. The summed E-state index contributed by atoms with van der Waals surface area (Å²) in [5.41, 5.74) is 0.745. The van der Waals surface area contributed by atoms with Crippen molar-refractivity contribution >= 4 is 35.6 Å². The summed E-state index contributed by atoms with van der Waals surface area (Å²) in [4.78, 5) is 7.96. The largest absolute Gasteiger partial charge is 0.483 e. The lowest BCUT2D eigenvalue weighted by Gasteiger charge is -2.02. The Morgan fingerprint density at radius 2 is 2.11 bits per heavy atom. The number of rotatable bonds is 5. The predicted molar refractivity (Wildman–Crippen MR) is 73.3 cm³/mol.